The average molecular weight is 370 g/mol. The van der Waals surface area contributed by atoms with Gasteiger partial charge in [0.15, 0.2) is 0 Å². The van der Waals surface area contributed by atoms with Crippen LogP contribution in [0.5, 0.6) is 5.75 Å². The van der Waals surface area contributed by atoms with E-state index < -0.39 is 5.91 Å². The Bertz CT molecular complexity index is 1170. The van der Waals surface area contributed by atoms with Crippen LogP contribution in [-0.2, 0) is 6.42 Å². The first kappa shape index (κ1) is 17.9. The molecular formula is C24H22N2O2. The Morgan fingerprint density at radius 1 is 0.964 bits per heavy atom. The summed E-state index contributed by atoms with van der Waals surface area (Å²) in [5.74, 6) is 0.351. The van der Waals surface area contributed by atoms with Gasteiger partial charge in [0.25, 0.3) is 0 Å². The summed E-state index contributed by atoms with van der Waals surface area (Å²) in [6.07, 6.45) is 2.90. The summed E-state index contributed by atoms with van der Waals surface area (Å²) in [5.41, 5.74) is 12.5. The molecule has 0 radical (unpaired) electrons. The maximum absolute atomic E-state index is 11.9. The number of nitrogens with one attached hydrogen (secondary N) is 1. The van der Waals surface area contributed by atoms with E-state index in [-0.39, 0.29) is 0 Å². The smallest absolute Gasteiger partial charge is 0.248 e. The van der Waals surface area contributed by atoms with Crippen molar-refractivity contribution in [2.45, 2.75) is 13.3 Å². The number of fused-ring (bicyclic) bond motifs is 1. The summed E-state index contributed by atoms with van der Waals surface area (Å²) >= 11 is 0. The number of rotatable bonds is 5. The second-order valence-electron chi connectivity index (χ2n) is 6.75. The number of hydrogen-bond donors (Lipinski definition) is 2. The normalized spacial score (nSPS) is 10.9. The molecule has 0 saturated heterocycles. The Morgan fingerprint density at radius 2 is 1.79 bits per heavy atom. The van der Waals surface area contributed by atoms with Gasteiger partial charge in [-0.3, -0.25) is 4.79 Å². The molecule has 3 aromatic carbocycles. The largest absolute Gasteiger partial charge is 0.497 e. The van der Waals surface area contributed by atoms with Gasteiger partial charge >= 0.3 is 0 Å². The minimum Gasteiger partial charge on any atom is -0.497 e. The van der Waals surface area contributed by atoms with Crippen molar-refractivity contribution in [2.24, 2.45) is 5.73 Å². The molecule has 140 valence electrons. The number of carbonyl (C=O) groups excluding carboxylic acids is 1. The number of aryl methyl sites for hydroxylation is 1. The van der Waals surface area contributed by atoms with Gasteiger partial charge < -0.3 is 15.5 Å². The molecule has 0 bridgehead atoms. The number of amides is 1. The molecule has 4 aromatic rings. The van der Waals surface area contributed by atoms with Crippen LogP contribution in [0.3, 0.4) is 0 Å². The highest BCUT2D eigenvalue weighted by molar-refractivity contribution is 6.03. The van der Waals surface area contributed by atoms with Crippen LogP contribution < -0.4 is 10.5 Å². The Labute approximate surface area is 164 Å². The first-order valence-electron chi connectivity index (χ1n) is 9.30. The van der Waals surface area contributed by atoms with E-state index in [1.807, 2.05) is 42.6 Å². The van der Waals surface area contributed by atoms with E-state index in [1.165, 1.54) is 5.56 Å². The first-order valence-corrected chi connectivity index (χ1v) is 9.30. The van der Waals surface area contributed by atoms with Crippen molar-refractivity contribution in [2.75, 3.05) is 7.11 Å². The number of carbonyl (C=O) groups is 1. The summed E-state index contributed by atoms with van der Waals surface area (Å²) in [5, 5.41) is 1.04. The van der Waals surface area contributed by atoms with E-state index in [4.69, 9.17) is 10.5 Å². The molecule has 0 saturated carbocycles. The zero-order valence-electron chi connectivity index (χ0n) is 16.0. The molecule has 0 unspecified atom stereocenters. The molecule has 4 heteroatoms. The van der Waals surface area contributed by atoms with Crippen molar-refractivity contribution in [3.8, 4) is 28.0 Å². The van der Waals surface area contributed by atoms with Crippen molar-refractivity contribution in [3.05, 3.63) is 78.0 Å². The fourth-order valence-corrected chi connectivity index (χ4v) is 3.70. The van der Waals surface area contributed by atoms with Crippen LogP contribution in [0.2, 0.25) is 0 Å². The van der Waals surface area contributed by atoms with Crippen molar-refractivity contribution in [3.63, 3.8) is 0 Å². The lowest BCUT2D eigenvalue weighted by Gasteiger charge is -2.14. The molecule has 0 aliphatic heterocycles. The fourth-order valence-electron chi connectivity index (χ4n) is 3.70. The van der Waals surface area contributed by atoms with Gasteiger partial charge in [-0.15, -0.1) is 0 Å². The SMILES string of the molecule is CCc1ccccc1-c1ccc(C(N)=O)cc1-c1c[nH]c2ccc(OC)cc12. The van der Waals surface area contributed by atoms with Crippen LogP contribution in [-0.4, -0.2) is 18.0 Å². The maximum atomic E-state index is 11.9. The second-order valence-corrected chi connectivity index (χ2v) is 6.75. The van der Waals surface area contributed by atoms with Crippen molar-refractivity contribution < 1.29 is 9.53 Å². The van der Waals surface area contributed by atoms with E-state index in [0.717, 1.165) is 45.3 Å². The summed E-state index contributed by atoms with van der Waals surface area (Å²) < 4.78 is 5.41. The van der Waals surface area contributed by atoms with Gasteiger partial charge in [0.2, 0.25) is 5.91 Å². The highest BCUT2D eigenvalue weighted by atomic mass is 16.5. The molecular weight excluding hydrogens is 348 g/mol. The molecule has 1 heterocycles. The molecule has 0 atom stereocenters. The van der Waals surface area contributed by atoms with Gasteiger partial charge in [0.05, 0.1) is 7.11 Å². The van der Waals surface area contributed by atoms with Crippen molar-refractivity contribution in [1.29, 1.82) is 0 Å². The molecule has 0 aliphatic rings. The number of primary amides is 1. The summed E-state index contributed by atoms with van der Waals surface area (Å²) in [6, 6.07) is 19.9. The lowest BCUT2D eigenvalue weighted by atomic mass is 9.89. The van der Waals surface area contributed by atoms with Gasteiger partial charge in [-0.25, -0.2) is 0 Å². The molecule has 3 N–H and O–H groups in total. The quantitative estimate of drug-likeness (QED) is 0.509. The molecule has 4 rings (SSSR count). The Morgan fingerprint density at radius 3 is 2.54 bits per heavy atom. The zero-order chi connectivity index (χ0) is 19.7. The minimum absolute atomic E-state index is 0.436. The third kappa shape index (κ3) is 3.03. The third-order valence-electron chi connectivity index (χ3n) is 5.17. The molecule has 0 fully saturated rings. The summed E-state index contributed by atoms with van der Waals surface area (Å²) in [7, 11) is 1.66. The van der Waals surface area contributed by atoms with Gasteiger partial charge in [0, 0.05) is 28.2 Å². The monoisotopic (exact) mass is 370 g/mol. The molecule has 0 aliphatic carbocycles. The highest BCUT2D eigenvalue weighted by Gasteiger charge is 2.16. The second kappa shape index (κ2) is 7.24. The number of H-pyrrole nitrogens is 1. The number of aromatic amines is 1. The standard InChI is InChI=1S/C24H22N2O2/c1-3-15-6-4-5-7-18(15)19-10-8-16(24(25)27)12-20(19)22-14-26-23-11-9-17(28-2)13-21(22)23/h4-14,26H,3H2,1-2H3,(H2,25,27). The van der Waals surface area contributed by atoms with Crippen molar-refractivity contribution >= 4 is 16.8 Å². The van der Waals surface area contributed by atoms with E-state index in [2.05, 4.69) is 30.1 Å². The van der Waals surface area contributed by atoms with Gasteiger partial charge in [0.1, 0.15) is 5.75 Å². The highest BCUT2D eigenvalue weighted by Crippen LogP contribution is 2.39. The van der Waals surface area contributed by atoms with E-state index in [0.29, 0.717) is 5.56 Å². The Hall–Kier alpha value is -3.53. The van der Waals surface area contributed by atoms with Gasteiger partial charge in [-0.1, -0.05) is 37.3 Å². The number of aromatic nitrogens is 1. The molecule has 0 spiro atoms. The van der Waals surface area contributed by atoms with Crippen LogP contribution in [0.25, 0.3) is 33.2 Å². The molecule has 4 nitrogen and oxygen atoms in total. The fraction of sp³-hybridized carbons (Fsp3) is 0.125. The lowest BCUT2D eigenvalue weighted by Crippen LogP contribution is -2.11. The van der Waals surface area contributed by atoms with Crippen LogP contribution in [0.4, 0.5) is 0 Å². The van der Waals surface area contributed by atoms with Crippen molar-refractivity contribution in [1.82, 2.24) is 4.98 Å². The van der Waals surface area contributed by atoms with Crippen LogP contribution in [0.15, 0.2) is 66.9 Å². The number of methoxy groups -OCH3 is 1. The minimum atomic E-state index is -0.436. The van der Waals surface area contributed by atoms with Gasteiger partial charge in [-0.2, -0.15) is 0 Å². The van der Waals surface area contributed by atoms with Crippen LogP contribution in [0, 0.1) is 0 Å². The summed E-state index contributed by atoms with van der Waals surface area (Å²) in [4.78, 5) is 15.2. The summed E-state index contributed by atoms with van der Waals surface area (Å²) in [6.45, 7) is 2.15. The molecule has 1 aromatic heterocycles. The average Bonchev–Trinajstić information content (AvgIpc) is 3.16. The predicted molar refractivity (Wildman–Crippen MR) is 114 cm³/mol. The lowest BCUT2D eigenvalue weighted by molar-refractivity contribution is 0.100. The number of hydrogen-bond acceptors (Lipinski definition) is 2. The number of ether oxygens (including phenoxy) is 1. The predicted octanol–water partition coefficient (Wildman–Crippen LogP) is 5.17. The Balaban J connectivity index is 2.02. The maximum Gasteiger partial charge on any atom is 0.248 e. The molecule has 28 heavy (non-hydrogen) atoms. The zero-order valence-corrected chi connectivity index (χ0v) is 16.0. The number of benzene rings is 3. The molecule has 1 amide bonds. The van der Waals surface area contributed by atoms with Gasteiger partial charge in [-0.05, 0) is 59.0 Å². The van der Waals surface area contributed by atoms with E-state index >= 15 is 0 Å². The third-order valence-corrected chi connectivity index (χ3v) is 5.17. The van der Waals surface area contributed by atoms with Crippen LogP contribution >= 0.6 is 0 Å². The topological polar surface area (TPSA) is 68.1 Å². The van der Waals surface area contributed by atoms with E-state index in [1.54, 1.807) is 13.2 Å². The first-order chi connectivity index (χ1) is 13.6. The van der Waals surface area contributed by atoms with E-state index in [9.17, 15) is 4.79 Å². The Kier molecular flexibility index (Phi) is 4.62. The number of nitrogens with two attached hydrogens (primary N) is 1. The van der Waals surface area contributed by atoms with Crippen LogP contribution in [0.1, 0.15) is 22.8 Å².